The van der Waals surface area contributed by atoms with Crippen molar-refractivity contribution in [1.29, 1.82) is 0 Å². The number of likely N-dealkylation sites (N-methyl/N-ethyl adjacent to an activating group) is 1. The van der Waals surface area contributed by atoms with Gasteiger partial charge in [0.25, 0.3) is 0 Å². The van der Waals surface area contributed by atoms with Gasteiger partial charge in [-0.05, 0) is 68.5 Å². The van der Waals surface area contributed by atoms with Gasteiger partial charge in [0, 0.05) is 47.5 Å². The Morgan fingerprint density at radius 1 is 1.25 bits per heavy atom. The number of hydrogen-bond acceptors (Lipinski definition) is 6. The van der Waals surface area contributed by atoms with Gasteiger partial charge in [0.1, 0.15) is 5.76 Å². The van der Waals surface area contributed by atoms with E-state index in [-0.39, 0.29) is 0 Å². The maximum absolute atomic E-state index is 5.41. The number of hydrogen-bond donors (Lipinski definition) is 3. The van der Waals surface area contributed by atoms with Gasteiger partial charge in [-0.25, -0.2) is 0 Å². The molecule has 150 valence electrons. The molecule has 28 heavy (non-hydrogen) atoms. The van der Waals surface area contributed by atoms with Crippen LogP contribution in [0.15, 0.2) is 39.9 Å². The van der Waals surface area contributed by atoms with Crippen LogP contribution in [-0.2, 0) is 0 Å². The molecular weight excluding hydrogens is 368 g/mol. The third-order valence-electron chi connectivity index (χ3n) is 5.23. The first-order chi connectivity index (χ1) is 13.6. The maximum Gasteiger partial charge on any atom is 0.141 e. The highest BCUT2D eigenvalue weighted by Gasteiger charge is 2.19. The summed E-state index contributed by atoms with van der Waals surface area (Å²) in [7, 11) is 3.87. The summed E-state index contributed by atoms with van der Waals surface area (Å²) in [5.74, 6) is 0.838. The smallest absolute Gasteiger partial charge is 0.141 e. The predicted molar refractivity (Wildman–Crippen MR) is 119 cm³/mol. The number of benzene rings is 1. The van der Waals surface area contributed by atoms with E-state index in [0.717, 1.165) is 39.5 Å². The number of anilines is 1. The molecule has 1 aromatic heterocycles. The second-order valence-corrected chi connectivity index (χ2v) is 8.02. The van der Waals surface area contributed by atoms with Crippen molar-refractivity contribution >= 4 is 23.7 Å². The fourth-order valence-electron chi connectivity index (χ4n) is 3.69. The van der Waals surface area contributed by atoms with Gasteiger partial charge in [-0.3, -0.25) is 4.72 Å². The van der Waals surface area contributed by atoms with Crippen molar-refractivity contribution in [2.45, 2.75) is 50.5 Å². The van der Waals surface area contributed by atoms with Crippen molar-refractivity contribution in [1.82, 2.24) is 15.2 Å². The van der Waals surface area contributed by atoms with E-state index >= 15 is 0 Å². The largest absolute Gasteiger partial charge is 0.388 e. The molecule has 1 saturated carbocycles. The van der Waals surface area contributed by atoms with Gasteiger partial charge in [-0.1, -0.05) is 24.6 Å². The summed E-state index contributed by atoms with van der Waals surface area (Å²) in [6, 6.07) is 4.96. The van der Waals surface area contributed by atoms with Crippen molar-refractivity contribution < 1.29 is 4.52 Å². The van der Waals surface area contributed by atoms with Gasteiger partial charge < -0.3 is 15.2 Å². The average molecular weight is 399 g/mol. The second-order valence-electron chi connectivity index (χ2n) is 7.14. The predicted octanol–water partition coefficient (Wildman–Crippen LogP) is 5.29. The molecule has 0 saturated heterocycles. The Morgan fingerprint density at radius 2 is 2.00 bits per heavy atom. The fraction of sp³-hybridized carbons (Fsp3) is 0.409. The Morgan fingerprint density at radius 3 is 2.57 bits per heavy atom. The van der Waals surface area contributed by atoms with E-state index in [1.54, 1.807) is 11.9 Å². The molecule has 0 atom stereocenters. The SMILES string of the molecule is C=C/C(=C\c1c(NC)cc(-c2c(C)noc2C)cc1SNC1CCCC1)NC. The molecule has 0 amide bonds. The first kappa shape index (κ1) is 20.6. The van der Waals surface area contributed by atoms with Crippen LogP contribution >= 0.6 is 11.9 Å². The summed E-state index contributed by atoms with van der Waals surface area (Å²) in [4.78, 5) is 1.17. The molecule has 1 aliphatic rings. The van der Waals surface area contributed by atoms with Crippen LogP contribution in [0.5, 0.6) is 0 Å². The summed E-state index contributed by atoms with van der Waals surface area (Å²) in [6.07, 6.45) is 9.08. The summed E-state index contributed by atoms with van der Waals surface area (Å²) in [5, 5.41) is 10.7. The second kappa shape index (κ2) is 9.34. The Bertz CT molecular complexity index is 846. The van der Waals surface area contributed by atoms with E-state index in [9.17, 15) is 0 Å². The lowest BCUT2D eigenvalue weighted by atomic mass is 10.00. The quantitative estimate of drug-likeness (QED) is 0.415. The molecule has 3 rings (SSSR count). The van der Waals surface area contributed by atoms with Crippen LogP contribution < -0.4 is 15.4 Å². The van der Waals surface area contributed by atoms with Gasteiger partial charge in [-0.15, -0.1) is 0 Å². The number of allylic oxidation sites excluding steroid dienone is 1. The minimum Gasteiger partial charge on any atom is -0.388 e. The summed E-state index contributed by atoms with van der Waals surface area (Å²) < 4.78 is 9.08. The zero-order valence-electron chi connectivity index (χ0n) is 17.2. The molecule has 0 radical (unpaired) electrons. The third kappa shape index (κ3) is 4.45. The molecule has 6 heteroatoms. The minimum absolute atomic E-state index is 0.575. The lowest BCUT2D eigenvalue weighted by molar-refractivity contribution is 0.393. The van der Waals surface area contributed by atoms with Crippen LogP contribution in [0, 0.1) is 13.8 Å². The van der Waals surface area contributed by atoms with Gasteiger partial charge in [0.2, 0.25) is 0 Å². The van der Waals surface area contributed by atoms with Crippen LogP contribution in [0.25, 0.3) is 17.2 Å². The van der Waals surface area contributed by atoms with E-state index in [0.29, 0.717) is 6.04 Å². The van der Waals surface area contributed by atoms with E-state index in [1.807, 2.05) is 34.0 Å². The van der Waals surface area contributed by atoms with Crippen LogP contribution in [0.2, 0.25) is 0 Å². The zero-order chi connectivity index (χ0) is 20.1. The Labute approximate surface area is 172 Å². The number of aromatic nitrogens is 1. The number of nitrogens with one attached hydrogen (secondary N) is 3. The van der Waals surface area contributed by atoms with Crippen molar-refractivity contribution in [3.8, 4) is 11.1 Å². The van der Waals surface area contributed by atoms with Gasteiger partial charge in [0.05, 0.1) is 5.69 Å². The Hall–Kier alpha value is -2.18. The van der Waals surface area contributed by atoms with Crippen molar-refractivity contribution in [3.05, 3.63) is 47.5 Å². The third-order valence-corrected chi connectivity index (χ3v) is 6.24. The minimum atomic E-state index is 0.575. The Balaban J connectivity index is 2.08. The molecule has 1 fully saturated rings. The van der Waals surface area contributed by atoms with Crippen molar-refractivity contribution in [2.24, 2.45) is 0 Å². The average Bonchev–Trinajstić information content (AvgIpc) is 3.34. The molecule has 1 aliphatic carbocycles. The topological polar surface area (TPSA) is 62.1 Å². The zero-order valence-corrected chi connectivity index (χ0v) is 18.0. The standard InChI is InChI=1S/C22H30N4OS/c1-6-17(23-4)13-19-20(24-5)11-16(22-14(2)25-27-15(22)3)12-21(19)28-26-18-9-7-8-10-18/h6,11-13,18,23-24,26H,1,7-10H2,2-5H3/b17-13+. The molecule has 1 heterocycles. The molecule has 2 aromatic rings. The van der Waals surface area contributed by atoms with E-state index in [2.05, 4.69) is 45.3 Å². The summed E-state index contributed by atoms with van der Waals surface area (Å²) in [6.45, 7) is 7.86. The highest BCUT2D eigenvalue weighted by molar-refractivity contribution is 7.97. The number of aryl methyl sites for hydroxylation is 2. The van der Waals surface area contributed by atoms with Crippen LogP contribution in [0.3, 0.4) is 0 Å². The molecule has 0 aliphatic heterocycles. The summed E-state index contributed by atoms with van der Waals surface area (Å²) in [5.41, 5.74) is 6.25. The number of nitrogens with zero attached hydrogens (tertiary/aromatic N) is 1. The normalized spacial score (nSPS) is 15.1. The molecule has 0 spiro atoms. The molecule has 1 aromatic carbocycles. The van der Waals surface area contributed by atoms with E-state index in [1.165, 1.54) is 30.6 Å². The van der Waals surface area contributed by atoms with Gasteiger partial charge in [0.15, 0.2) is 0 Å². The molecule has 5 nitrogen and oxygen atoms in total. The lowest BCUT2D eigenvalue weighted by Gasteiger charge is -2.18. The highest BCUT2D eigenvalue weighted by Crippen LogP contribution is 2.37. The van der Waals surface area contributed by atoms with Gasteiger partial charge >= 0.3 is 0 Å². The number of rotatable bonds is 8. The molecular formula is C22H30N4OS. The maximum atomic E-state index is 5.41. The molecule has 3 N–H and O–H groups in total. The monoisotopic (exact) mass is 398 g/mol. The highest BCUT2D eigenvalue weighted by atomic mass is 32.2. The molecule has 0 unspecified atom stereocenters. The van der Waals surface area contributed by atoms with Crippen LogP contribution in [0.4, 0.5) is 5.69 Å². The molecule has 0 bridgehead atoms. The van der Waals surface area contributed by atoms with Crippen molar-refractivity contribution in [2.75, 3.05) is 19.4 Å². The first-order valence-electron chi connectivity index (χ1n) is 9.80. The van der Waals surface area contributed by atoms with Crippen molar-refractivity contribution in [3.63, 3.8) is 0 Å². The Kier molecular flexibility index (Phi) is 6.86. The summed E-state index contributed by atoms with van der Waals surface area (Å²) >= 11 is 1.71. The van der Waals surface area contributed by atoms with E-state index in [4.69, 9.17) is 4.52 Å². The van der Waals surface area contributed by atoms with Gasteiger partial charge in [-0.2, -0.15) is 0 Å². The van der Waals surface area contributed by atoms with Crippen LogP contribution in [-0.4, -0.2) is 25.3 Å². The fourth-order valence-corrected chi connectivity index (χ4v) is 4.68. The lowest BCUT2D eigenvalue weighted by Crippen LogP contribution is -2.18. The van der Waals surface area contributed by atoms with E-state index < -0.39 is 0 Å². The first-order valence-corrected chi connectivity index (χ1v) is 10.6. The van der Waals surface area contributed by atoms with Crippen LogP contribution in [0.1, 0.15) is 42.7 Å².